The summed E-state index contributed by atoms with van der Waals surface area (Å²) in [7, 11) is 0. The number of benzene rings is 2. The zero-order valence-corrected chi connectivity index (χ0v) is 15.7. The fourth-order valence-corrected chi connectivity index (χ4v) is 3.35. The van der Waals surface area contributed by atoms with E-state index < -0.39 is 16.9 Å². The minimum Gasteiger partial charge on any atom is -0.772 e. The van der Waals surface area contributed by atoms with Crippen LogP contribution in [0.2, 0.25) is 0 Å². The van der Waals surface area contributed by atoms with Crippen molar-refractivity contribution in [2.75, 3.05) is 0 Å². The lowest BCUT2D eigenvalue weighted by Crippen LogP contribution is -1.98. The molecule has 25 heavy (non-hydrogen) atoms. The molecule has 128 valence electrons. The summed E-state index contributed by atoms with van der Waals surface area (Å²) in [5.41, 5.74) is 4.36. The van der Waals surface area contributed by atoms with Gasteiger partial charge in [0.05, 0.1) is 5.69 Å². The lowest BCUT2D eigenvalue weighted by Gasteiger charge is -2.12. The highest BCUT2D eigenvalue weighted by Crippen LogP contribution is 2.33. The van der Waals surface area contributed by atoms with Crippen molar-refractivity contribution in [2.45, 2.75) is 12.7 Å². The van der Waals surface area contributed by atoms with Gasteiger partial charge in [-0.3, -0.25) is 9.19 Å². The molecule has 1 heterocycles. The standard InChI is InChI=1S/C19H15BrFNO2S/c1-12-9-13(6-7-17(12)20)16-3-2-8-22-19(16)14-4-5-15(11-25(23)24)18(21)10-14/h2-10H,11H2,1H3,(H,23,24)/p-1. The van der Waals surface area contributed by atoms with Gasteiger partial charge in [-0.2, -0.15) is 0 Å². The molecule has 3 aromatic rings. The third-order valence-corrected chi connectivity index (χ3v) is 5.31. The van der Waals surface area contributed by atoms with E-state index in [1.54, 1.807) is 12.3 Å². The quantitative estimate of drug-likeness (QED) is 0.559. The maximum absolute atomic E-state index is 14.2. The van der Waals surface area contributed by atoms with E-state index in [9.17, 15) is 13.2 Å². The smallest absolute Gasteiger partial charge is 0.127 e. The average Bonchev–Trinajstić information content (AvgIpc) is 2.59. The van der Waals surface area contributed by atoms with Gasteiger partial charge in [-0.1, -0.05) is 57.3 Å². The summed E-state index contributed by atoms with van der Waals surface area (Å²) in [5.74, 6) is -0.891. The van der Waals surface area contributed by atoms with Crippen LogP contribution >= 0.6 is 15.9 Å². The number of hydrogen-bond donors (Lipinski definition) is 0. The Kier molecular flexibility index (Phi) is 5.42. The Morgan fingerprint density at radius 1 is 1.16 bits per heavy atom. The molecule has 1 aromatic heterocycles. The third kappa shape index (κ3) is 4.03. The third-order valence-electron chi connectivity index (χ3n) is 3.88. The van der Waals surface area contributed by atoms with Crippen molar-refractivity contribution in [1.82, 2.24) is 4.98 Å². The van der Waals surface area contributed by atoms with Gasteiger partial charge in [-0.15, -0.1) is 0 Å². The van der Waals surface area contributed by atoms with Crippen molar-refractivity contribution in [2.24, 2.45) is 0 Å². The Hall–Kier alpha value is -1.89. The van der Waals surface area contributed by atoms with Gasteiger partial charge in [0, 0.05) is 27.5 Å². The number of rotatable bonds is 4. The molecule has 1 unspecified atom stereocenters. The zero-order valence-electron chi connectivity index (χ0n) is 13.3. The van der Waals surface area contributed by atoms with E-state index in [-0.39, 0.29) is 11.3 Å². The molecule has 0 saturated heterocycles. The van der Waals surface area contributed by atoms with Crippen molar-refractivity contribution in [3.05, 3.63) is 76.1 Å². The number of halogens is 2. The SMILES string of the molecule is Cc1cc(-c2cccnc2-c2ccc(CS(=O)[O-])c(F)c2)ccc1Br. The monoisotopic (exact) mass is 418 g/mol. The maximum atomic E-state index is 14.2. The highest BCUT2D eigenvalue weighted by Gasteiger charge is 2.12. The summed E-state index contributed by atoms with van der Waals surface area (Å²) in [6.07, 6.45) is 1.66. The molecular formula is C19H14BrFNO2S-. The van der Waals surface area contributed by atoms with Crippen LogP contribution in [0.3, 0.4) is 0 Å². The summed E-state index contributed by atoms with van der Waals surface area (Å²) >= 11 is 1.16. The molecule has 0 aliphatic carbocycles. The number of pyridine rings is 1. The number of aryl methyl sites for hydroxylation is 1. The Balaban J connectivity index is 2.08. The lowest BCUT2D eigenvalue weighted by molar-refractivity contribution is 0.533. The summed E-state index contributed by atoms with van der Waals surface area (Å²) in [6, 6.07) is 14.3. The van der Waals surface area contributed by atoms with Crippen LogP contribution in [0.25, 0.3) is 22.4 Å². The number of aromatic nitrogens is 1. The minimum absolute atomic E-state index is 0.147. The van der Waals surface area contributed by atoms with E-state index in [4.69, 9.17) is 0 Å². The lowest BCUT2D eigenvalue weighted by atomic mass is 9.97. The molecule has 0 bridgehead atoms. The molecule has 0 spiro atoms. The van der Waals surface area contributed by atoms with E-state index in [0.29, 0.717) is 11.3 Å². The number of nitrogens with zero attached hydrogens (tertiary/aromatic N) is 1. The molecule has 0 amide bonds. The van der Waals surface area contributed by atoms with Gasteiger partial charge in [0.25, 0.3) is 0 Å². The summed E-state index contributed by atoms with van der Waals surface area (Å²) in [6.45, 7) is 2.00. The molecule has 0 saturated carbocycles. The van der Waals surface area contributed by atoms with Crippen LogP contribution in [0.1, 0.15) is 11.1 Å². The van der Waals surface area contributed by atoms with Crippen LogP contribution in [-0.2, 0) is 16.8 Å². The molecule has 2 aromatic carbocycles. The maximum Gasteiger partial charge on any atom is 0.127 e. The first-order chi connectivity index (χ1) is 12.0. The second kappa shape index (κ2) is 7.56. The topological polar surface area (TPSA) is 53.0 Å². The van der Waals surface area contributed by atoms with Crippen LogP contribution in [0.4, 0.5) is 4.39 Å². The fraction of sp³-hybridized carbons (Fsp3) is 0.105. The predicted octanol–water partition coefficient (Wildman–Crippen LogP) is 5.00. The molecule has 0 radical (unpaired) electrons. The predicted molar refractivity (Wildman–Crippen MR) is 100 cm³/mol. The van der Waals surface area contributed by atoms with Gasteiger partial charge in [-0.05, 0) is 41.8 Å². The van der Waals surface area contributed by atoms with Gasteiger partial charge in [0.15, 0.2) is 0 Å². The second-order valence-electron chi connectivity index (χ2n) is 5.62. The van der Waals surface area contributed by atoms with Crippen molar-refractivity contribution in [3.8, 4) is 22.4 Å². The van der Waals surface area contributed by atoms with Crippen LogP contribution in [0, 0.1) is 12.7 Å². The van der Waals surface area contributed by atoms with Crippen LogP contribution in [0.15, 0.2) is 59.2 Å². The van der Waals surface area contributed by atoms with Gasteiger partial charge in [-0.25, -0.2) is 4.39 Å². The molecule has 0 N–H and O–H groups in total. The molecule has 1 atom stereocenters. The summed E-state index contributed by atoms with van der Waals surface area (Å²) < 4.78 is 36.8. The molecule has 0 aliphatic heterocycles. The number of hydrogen-bond acceptors (Lipinski definition) is 3. The van der Waals surface area contributed by atoms with E-state index in [1.807, 2.05) is 37.3 Å². The highest BCUT2D eigenvalue weighted by atomic mass is 79.9. The highest BCUT2D eigenvalue weighted by molar-refractivity contribution is 9.10. The second-order valence-corrected chi connectivity index (χ2v) is 7.37. The first kappa shape index (κ1) is 17.9. The fourth-order valence-electron chi connectivity index (χ4n) is 2.62. The van der Waals surface area contributed by atoms with E-state index >= 15 is 0 Å². The molecule has 3 rings (SSSR count). The van der Waals surface area contributed by atoms with E-state index in [0.717, 1.165) is 21.2 Å². The van der Waals surface area contributed by atoms with Crippen molar-refractivity contribution in [1.29, 1.82) is 0 Å². The Bertz CT molecular complexity index is 962. The largest absolute Gasteiger partial charge is 0.772 e. The van der Waals surface area contributed by atoms with E-state index in [2.05, 4.69) is 20.9 Å². The van der Waals surface area contributed by atoms with Gasteiger partial charge < -0.3 is 4.55 Å². The first-order valence-electron chi connectivity index (χ1n) is 7.52. The Morgan fingerprint density at radius 3 is 2.60 bits per heavy atom. The van der Waals surface area contributed by atoms with Crippen LogP contribution in [0.5, 0.6) is 0 Å². The first-order valence-corrected chi connectivity index (χ1v) is 9.55. The summed E-state index contributed by atoms with van der Waals surface area (Å²) in [4.78, 5) is 4.41. The Morgan fingerprint density at radius 2 is 1.92 bits per heavy atom. The van der Waals surface area contributed by atoms with Gasteiger partial charge >= 0.3 is 0 Å². The van der Waals surface area contributed by atoms with Crippen molar-refractivity contribution in [3.63, 3.8) is 0 Å². The van der Waals surface area contributed by atoms with Gasteiger partial charge in [0.2, 0.25) is 0 Å². The van der Waals surface area contributed by atoms with Gasteiger partial charge in [0.1, 0.15) is 5.82 Å². The van der Waals surface area contributed by atoms with E-state index in [1.165, 1.54) is 12.1 Å². The normalized spacial score (nSPS) is 12.2. The molecule has 0 aliphatic rings. The van der Waals surface area contributed by atoms with Crippen LogP contribution in [-0.4, -0.2) is 13.7 Å². The molecule has 3 nitrogen and oxygen atoms in total. The van der Waals surface area contributed by atoms with Crippen LogP contribution < -0.4 is 0 Å². The summed E-state index contributed by atoms with van der Waals surface area (Å²) in [5, 5.41) is 0. The van der Waals surface area contributed by atoms with Crippen molar-refractivity contribution >= 4 is 27.0 Å². The minimum atomic E-state index is -2.33. The average molecular weight is 419 g/mol. The molecular weight excluding hydrogens is 405 g/mol. The Labute approximate surface area is 156 Å². The zero-order chi connectivity index (χ0) is 18.0. The van der Waals surface area contributed by atoms with Crippen molar-refractivity contribution < 1.29 is 13.2 Å². The molecule has 6 heteroatoms. The molecule has 0 fully saturated rings.